The standard InChI is InChI=1S/C12H22O2/c13-11-8-4-2-1-3-6-10-7-5-9-12(10,11)14/h10-11,13-14H,1-9H2. The fourth-order valence-electron chi connectivity index (χ4n) is 3.25. The lowest BCUT2D eigenvalue weighted by atomic mass is 9.82. The van der Waals surface area contributed by atoms with Crippen LogP contribution in [0.2, 0.25) is 0 Å². The smallest absolute Gasteiger partial charge is 0.0933 e. The van der Waals surface area contributed by atoms with E-state index >= 15 is 0 Å². The highest BCUT2D eigenvalue weighted by molar-refractivity contribution is 4.97. The number of fused-ring (bicyclic) bond motifs is 1. The molecule has 14 heavy (non-hydrogen) atoms. The Morgan fingerprint density at radius 3 is 2.29 bits per heavy atom. The molecule has 2 N–H and O–H groups in total. The highest BCUT2D eigenvalue weighted by atomic mass is 16.3. The Bertz CT molecular complexity index is 193. The number of rotatable bonds is 0. The minimum atomic E-state index is -0.732. The lowest BCUT2D eigenvalue weighted by molar-refractivity contribution is -0.103. The van der Waals surface area contributed by atoms with Crippen molar-refractivity contribution in [2.24, 2.45) is 5.92 Å². The third kappa shape index (κ3) is 1.82. The first-order chi connectivity index (χ1) is 6.73. The summed E-state index contributed by atoms with van der Waals surface area (Å²) in [5.74, 6) is 0.371. The molecule has 0 amide bonds. The van der Waals surface area contributed by atoms with Gasteiger partial charge >= 0.3 is 0 Å². The molecule has 2 saturated carbocycles. The maximum Gasteiger partial charge on any atom is 0.0933 e. The van der Waals surface area contributed by atoms with Gasteiger partial charge in [-0.25, -0.2) is 0 Å². The molecule has 0 heterocycles. The molecule has 0 aromatic rings. The van der Waals surface area contributed by atoms with Crippen molar-refractivity contribution in [2.75, 3.05) is 0 Å². The molecule has 2 aliphatic rings. The van der Waals surface area contributed by atoms with Crippen molar-refractivity contribution in [1.29, 1.82) is 0 Å². The Morgan fingerprint density at radius 1 is 0.857 bits per heavy atom. The van der Waals surface area contributed by atoms with E-state index in [9.17, 15) is 10.2 Å². The third-order valence-corrected chi connectivity index (χ3v) is 4.19. The van der Waals surface area contributed by atoms with Gasteiger partial charge in [0.25, 0.3) is 0 Å². The molecular formula is C12H22O2. The van der Waals surface area contributed by atoms with Crippen LogP contribution in [0, 0.1) is 5.92 Å². The average molecular weight is 198 g/mol. The minimum Gasteiger partial charge on any atom is -0.390 e. The maximum absolute atomic E-state index is 10.5. The molecule has 0 spiro atoms. The SMILES string of the molecule is OC1CCCCCCC2CCCC12O. The zero-order valence-corrected chi connectivity index (χ0v) is 8.91. The van der Waals surface area contributed by atoms with Gasteiger partial charge in [-0.15, -0.1) is 0 Å². The van der Waals surface area contributed by atoms with E-state index in [2.05, 4.69) is 0 Å². The van der Waals surface area contributed by atoms with Crippen molar-refractivity contribution < 1.29 is 10.2 Å². The van der Waals surface area contributed by atoms with Crippen LogP contribution < -0.4 is 0 Å². The van der Waals surface area contributed by atoms with Crippen LogP contribution in [-0.4, -0.2) is 21.9 Å². The fraction of sp³-hybridized carbons (Fsp3) is 1.00. The quantitative estimate of drug-likeness (QED) is 0.626. The van der Waals surface area contributed by atoms with Gasteiger partial charge < -0.3 is 10.2 Å². The highest BCUT2D eigenvalue weighted by Gasteiger charge is 2.45. The molecular weight excluding hydrogens is 176 g/mol. The lowest BCUT2D eigenvalue weighted by Gasteiger charge is -2.34. The van der Waals surface area contributed by atoms with Crippen molar-refractivity contribution >= 4 is 0 Å². The molecule has 2 heteroatoms. The van der Waals surface area contributed by atoms with Gasteiger partial charge in [-0.3, -0.25) is 0 Å². The van der Waals surface area contributed by atoms with Crippen LogP contribution in [-0.2, 0) is 0 Å². The Labute approximate surface area is 86.3 Å². The Kier molecular flexibility index (Phi) is 3.13. The van der Waals surface area contributed by atoms with E-state index in [0.717, 1.165) is 38.5 Å². The summed E-state index contributed by atoms with van der Waals surface area (Å²) < 4.78 is 0. The van der Waals surface area contributed by atoms with Gasteiger partial charge in [0.15, 0.2) is 0 Å². The summed E-state index contributed by atoms with van der Waals surface area (Å²) in [5.41, 5.74) is -0.732. The van der Waals surface area contributed by atoms with Crippen molar-refractivity contribution in [3.8, 4) is 0 Å². The molecule has 0 saturated heterocycles. The van der Waals surface area contributed by atoms with Gasteiger partial charge in [-0.1, -0.05) is 32.1 Å². The van der Waals surface area contributed by atoms with Crippen LogP contribution in [0.5, 0.6) is 0 Å². The molecule has 0 bridgehead atoms. The number of aliphatic hydroxyl groups is 2. The number of hydrogen-bond donors (Lipinski definition) is 2. The number of aliphatic hydroxyl groups excluding tert-OH is 1. The molecule has 3 atom stereocenters. The summed E-state index contributed by atoms with van der Waals surface area (Å²) in [7, 11) is 0. The van der Waals surface area contributed by atoms with E-state index in [0.29, 0.717) is 5.92 Å². The van der Waals surface area contributed by atoms with Gasteiger partial charge in [-0.2, -0.15) is 0 Å². The maximum atomic E-state index is 10.5. The van der Waals surface area contributed by atoms with Crippen molar-refractivity contribution in [3.05, 3.63) is 0 Å². The van der Waals surface area contributed by atoms with Gasteiger partial charge in [0.2, 0.25) is 0 Å². The molecule has 0 aromatic heterocycles. The van der Waals surface area contributed by atoms with E-state index in [1.165, 1.54) is 19.3 Å². The molecule has 2 aliphatic carbocycles. The number of hydrogen-bond acceptors (Lipinski definition) is 2. The molecule has 2 rings (SSSR count). The molecule has 3 unspecified atom stereocenters. The van der Waals surface area contributed by atoms with Gasteiger partial charge in [0, 0.05) is 0 Å². The zero-order chi connectivity index (χ0) is 10.0. The zero-order valence-electron chi connectivity index (χ0n) is 8.91. The van der Waals surface area contributed by atoms with Crippen LogP contribution in [0.1, 0.15) is 57.8 Å². The third-order valence-electron chi connectivity index (χ3n) is 4.19. The van der Waals surface area contributed by atoms with Crippen molar-refractivity contribution in [2.45, 2.75) is 69.5 Å². The first-order valence-corrected chi connectivity index (χ1v) is 6.14. The summed E-state index contributed by atoms with van der Waals surface area (Å²) in [5, 5.41) is 20.5. The monoisotopic (exact) mass is 198 g/mol. The summed E-state index contributed by atoms with van der Waals surface area (Å²) in [6.07, 6.45) is 9.30. The molecule has 2 nitrogen and oxygen atoms in total. The van der Waals surface area contributed by atoms with Crippen LogP contribution in [0.3, 0.4) is 0 Å². The second kappa shape index (κ2) is 4.19. The van der Waals surface area contributed by atoms with Crippen LogP contribution in [0.4, 0.5) is 0 Å². The van der Waals surface area contributed by atoms with Crippen molar-refractivity contribution in [3.63, 3.8) is 0 Å². The average Bonchev–Trinajstić information content (AvgIpc) is 2.54. The van der Waals surface area contributed by atoms with E-state index in [-0.39, 0.29) is 0 Å². The minimum absolute atomic E-state index is 0.371. The Morgan fingerprint density at radius 2 is 1.50 bits per heavy atom. The summed E-state index contributed by atoms with van der Waals surface area (Å²) in [6, 6.07) is 0. The molecule has 0 aliphatic heterocycles. The van der Waals surface area contributed by atoms with Gasteiger partial charge in [-0.05, 0) is 31.6 Å². The molecule has 82 valence electrons. The predicted octanol–water partition coefficient (Wildman–Crippen LogP) is 2.23. The lowest BCUT2D eigenvalue weighted by Crippen LogP contribution is -2.45. The largest absolute Gasteiger partial charge is 0.390 e. The van der Waals surface area contributed by atoms with Gasteiger partial charge in [0.05, 0.1) is 11.7 Å². The van der Waals surface area contributed by atoms with E-state index in [4.69, 9.17) is 0 Å². The van der Waals surface area contributed by atoms with Gasteiger partial charge in [0.1, 0.15) is 0 Å². The Hall–Kier alpha value is -0.0800. The van der Waals surface area contributed by atoms with E-state index < -0.39 is 11.7 Å². The summed E-state index contributed by atoms with van der Waals surface area (Å²) in [4.78, 5) is 0. The topological polar surface area (TPSA) is 40.5 Å². The van der Waals surface area contributed by atoms with Crippen molar-refractivity contribution in [1.82, 2.24) is 0 Å². The first-order valence-electron chi connectivity index (χ1n) is 6.14. The van der Waals surface area contributed by atoms with E-state index in [1.807, 2.05) is 0 Å². The predicted molar refractivity (Wildman–Crippen MR) is 56.0 cm³/mol. The summed E-state index contributed by atoms with van der Waals surface area (Å²) >= 11 is 0. The fourth-order valence-corrected chi connectivity index (χ4v) is 3.25. The molecule has 0 aromatic carbocycles. The Balaban J connectivity index is 2.09. The normalized spacial score (nSPS) is 45.0. The summed E-state index contributed by atoms with van der Waals surface area (Å²) in [6.45, 7) is 0. The van der Waals surface area contributed by atoms with Crippen LogP contribution in [0.15, 0.2) is 0 Å². The first kappa shape index (κ1) is 10.4. The second-order valence-electron chi connectivity index (χ2n) is 5.09. The van der Waals surface area contributed by atoms with E-state index in [1.54, 1.807) is 0 Å². The molecule has 0 radical (unpaired) electrons. The highest BCUT2D eigenvalue weighted by Crippen LogP contribution is 2.43. The second-order valence-corrected chi connectivity index (χ2v) is 5.09. The molecule has 2 fully saturated rings. The van der Waals surface area contributed by atoms with Crippen LogP contribution >= 0.6 is 0 Å². The van der Waals surface area contributed by atoms with Crippen LogP contribution in [0.25, 0.3) is 0 Å².